The Hall–Kier alpha value is -1.57. The molecule has 2 rings (SSSR count). The van der Waals surface area contributed by atoms with E-state index in [2.05, 4.69) is 22.2 Å². The summed E-state index contributed by atoms with van der Waals surface area (Å²) in [7, 11) is 0. The molecular formula is C16H25F3N4O. The zero-order valence-corrected chi connectivity index (χ0v) is 14.4. The Morgan fingerprint density at radius 2 is 2.00 bits per heavy atom. The van der Waals surface area contributed by atoms with E-state index in [1.54, 1.807) is 13.8 Å². The Balaban J connectivity index is 2.08. The molecule has 0 aliphatic carbocycles. The molecule has 0 radical (unpaired) electrons. The average molecular weight is 346 g/mol. The fourth-order valence-electron chi connectivity index (χ4n) is 3.08. The highest BCUT2D eigenvalue weighted by molar-refractivity contribution is 5.95. The van der Waals surface area contributed by atoms with Gasteiger partial charge in [-0.3, -0.25) is 9.48 Å². The van der Waals surface area contributed by atoms with Crippen LogP contribution in [0, 0.1) is 0 Å². The van der Waals surface area contributed by atoms with Crippen molar-refractivity contribution in [3.8, 4) is 0 Å². The number of amides is 1. The summed E-state index contributed by atoms with van der Waals surface area (Å²) in [6.45, 7) is 8.05. The van der Waals surface area contributed by atoms with Crippen molar-refractivity contribution in [3.63, 3.8) is 0 Å². The zero-order valence-electron chi connectivity index (χ0n) is 14.4. The summed E-state index contributed by atoms with van der Waals surface area (Å²) in [5.41, 5.74) is -1.37. The van der Waals surface area contributed by atoms with Crippen LogP contribution in [0.25, 0.3) is 0 Å². The van der Waals surface area contributed by atoms with E-state index >= 15 is 0 Å². The van der Waals surface area contributed by atoms with Crippen molar-refractivity contribution in [1.29, 1.82) is 0 Å². The Labute approximate surface area is 140 Å². The summed E-state index contributed by atoms with van der Waals surface area (Å²) < 4.78 is 40.8. The smallest absolute Gasteiger partial charge is 0.349 e. The third-order valence-electron chi connectivity index (χ3n) is 4.26. The number of alkyl halides is 3. The van der Waals surface area contributed by atoms with E-state index in [1.165, 1.54) is 0 Å². The third kappa shape index (κ3) is 4.28. The molecule has 1 aliphatic rings. The summed E-state index contributed by atoms with van der Waals surface area (Å²) >= 11 is 0. The summed E-state index contributed by atoms with van der Waals surface area (Å²) in [4.78, 5) is 14.7. The van der Waals surface area contributed by atoms with Gasteiger partial charge in [0.2, 0.25) is 0 Å². The van der Waals surface area contributed by atoms with Crippen LogP contribution in [-0.2, 0) is 6.18 Å². The number of hydrogen-bond donors (Lipinski definition) is 1. The van der Waals surface area contributed by atoms with E-state index in [0.29, 0.717) is 0 Å². The van der Waals surface area contributed by atoms with Gasteiger partial charge in [-0.1, -0.05) is 6.92 Å². The van der Waals surface area contributed by atoms with Crippen molar-refractivity contribution >= 4 is 5.91 Å². The Morgan fingerprint density at radius 1 is 1.38 bits per heavy atom. The maximum atomic E-state index is 13.3. The number of piperidine rings is 1. The van der Waals surface area contributed by atoms with Crippen molar-refractivity contribution in [2.75, 3.05) is 19.6 Å². The monoisotopic (exact) mass is 346 g/mol. The number of hydrogen-bond acceptors (Lipinski definition) is 3. The van der Waals surface area contributed by atoms with Crippen LogP contribution < -0.4 is 5.32 Å². The van der Waals surface area contributed by atoms with Crippen molar-refractivity contribution in [3.05, 3.63) is 17.5 Å². The standard InChI is InChI=1S/C16H25F3N4O/c1-4-7-22-8-5-12(6-9-22)21-15(24)13-10-20-23(11(2)3)14(13)16(17,18)19/h10-12H,4-9H2,1-3H3,(H,21,24). The number of nitrogens with one attached hydrogen (secondary N) is 1. The average Bonchev–Trinajstić information content (AvgIpc) is 2.95. The Kier molecular flexibility index (Phi) is 5.90. The van der Waals surface area contributed by atoms with E-state index in [9.17, 15) is 18.0 Å². The molecule has 1 aromatic rings. The van der Waals surface area contributed by atoms with Gasteiger partial charge in [0.1, 0.15) is 0 Å². The third-order valence-corrected chi connectivity index (χ3v) is 4.26. The Morgan fingerprint density at radius 3 is 2.50 bits per heavy atom. The highest BCUT2D eigenvalue weighted by Gasteiger charge is 2.41. The lowest BCUT2D eigenvalue weighted by molar-refractivity contribution is -0.145. The van der Waals surface area contributed by atoms with Crippen LogP contribution in [-0.4, -0.2) is 46.3 Å². The summed E-state index contributed by atoms with van der Waals surface area (Å²) in [6, 6.07) is -0.561. The van der Waals surface area contributed by atoms with Gasteiger partial charge in [-0.2, -0.15) is 18.3 Å². The maximum absolute atomic E-state index is 13.3. The topological polar surface area (TPSA) is 50.2 Å². The lowest BCUT2D eigenvalue weighted by atomic mass is 10.0. The van der Waals surface area contributed by atoms with Crippen LogP contribution >= 0.6 is 0 Å². The van der Waals surface area contributed by atoms with Gasteiger partial charge < -0.3 is 10.2 Å². The number of carbonyl (C=O) groups is 1. The molecule has 1 aliphatic heterocycles. The number of halogens is 3. The molecule has 1 aromatic heterocycles. The van der Waals surface area contributed by atoms with Gasteiger partial charge >= 0.3 is 6.18 Å². The molecule has 5 nitrogen and oxygen atoms in total. The molecule has 2 heterocycles. The first-order valence-electron chi connectivity index (χ1n) is 8.42. The first kappa shape index (κ1) is 18.8. The number of rotatable bonds is 5. The van der Waals surface area contributed by atoms with Crippen LogP contribution in [0.4, 0.5) is 13.2 Å². The Bertz CT molecular complexity index is 560. The maximum Gasteiger partial charge on any atom is 0.433 e. The SMILES string of the molecule is CCCN1CCC(NC(=O)c2cnn(C(C)C)c2C(F)(F)F)CC1. The van der Waals surface area contributed by atoms with E-state index in [4.69, 9.17) is 0 Å². The van der Waals surface area contributed by atoms with E-state index in [0.717, 1.165) is 49.8 Å². The van der Waals surface area contributed by atoms with E-state index in [-0.39, 0.29) is 6.04 Å². The minimum absolute atomic E-state index is 0.0888. The minimum atomic E-state index is -4.61. The molecule has 1 fully saturated rings. The first-order chi connectivity index (χ1) is 11.2. The van der Waals surface area contributed by atoms with E-state index in [1.807, 2.05) is 0 Å². The van der Waals surface area contributed by atoms with Crippen LogP contribution in [0.2, 0.25) is 0 Å². The van der Waals surface area contributed by atoms with Gasteiger partial charge in [0.25, 0.3) is 5.91 Å². The molecule has 0 saturated carbocycles. The van der Waals surface area contributed by atoms with Gasteiger partial charge in [-0.05, 0) is 39.7 Å². The summed E-state index contributed by atoms with van der Waals surface area (Å²) in [5.74, 6) is -0.692. The van der Waals surface area contributed by atoms with Crippen molar-refractivity contribution in [1.82, 2.24) is 20.0 Å². The molecule has 0 bridgehead atoms. The molecule has 24 heavy (non-hydrogen) atoms. The molecular weight excluding hydrogens is 321 g/mol. The fraction of sp³-hybridized carbons (Fsp3) is 0.750. The second kappa shape index (κ2) is 7.55. The first-order valence-corrected chi connectivity index (χ1v) is 8.42. The lowest BCUT2D eigenvalue weighted by Crippen LogP contribution is -2.45. The molecule has 0 aromatic carbocycles. The molecule has 0 unspecified atom stereocenters. The van der Waals surface area contributed by atoms with Crippen LogP contribution in [0.5, 0.6) is 0 Å². The quantitative estimate of drug-likeness (QED) is 0.891. The fourth-order valence-corrected chi connectivity index (χ4v) is 3.08. The predicted molar refractivity (Wildman–Crippen MR) is 84.8 cm³/mol. The number of likely N-dealkylation sites (tertiary alicyclic amines) is 1. The zero-order chi connectivity index (χ0) is 17.9. The second-order valence-corrected chi connectivity index (χ2v) is 6.53. The van der Waals surface area contributed by atoms with Crippen LogP contribution in [0.15, 0.2) is 6.20 Å². The van der Waals surface area contributed by atoms with Crippen LogP contribution in [0.1, 0.15) is 62.1 Å². The number of carbonyl (C=O) groups excluding carboxylic acids is 1. The predicted octanol–water partition coefficient (Wildman–Crippen LogP) is 3.09. The van der Waals surface area contributed by atoms with Crippen molar-refractivity contribution < 1.29 is 18.0 Å². The van der Waals surface area contributed by atoms with Gasteiger partial charge in [0.15, 0.2) is 5.69 Å². The highest BCUT2D eigenvalue weighted by Crippen LogP contribution is 2.33. The van der Waals surface area contributed by atoms with Gasteiger partial charge in [-0.25, -0.2) is 0 Å². The summed E-state index contributed by atoms with van der Waals surface area (Å²) in [5, 5.41) is 6.50. The van der Waals surface area contributed by atoms with Crippen molar-refractivity contribution in [2.24, 2.45) is 0 Å². The van der Waals surface area contributed by atoms with Gasteiger partial charge in [0, 0.05) is 25.2 Å². The van der Waals surface area contributed by atoms with Crippen LogP contribution in [0.3, 0.4) is 0 Å². The molecule has 136 valence electrons. The summed E-state index contributed by atoms with van der Waals surface area (Å²) in [6.07, 6.45) is -1.01. The van der Waals surface area contributed by atoms with E-state index < -0.39 is 29.4 Å². The molecule has 1 amide bonds. The number of aromatic nitrogens is 2. The largest absolute Gasteiger partial charge is 0.433 e. The minimum Gasteiger partial charge on any atom is -0.349 e. The molecule has 8 heteroatoms. The molecule has 1 N–H and O–H groups in total. The van der Waals surface area contributed by atoms with Crippen molar-refractivity contribution in [2.45, 2.75) is 58.3 Å². The molecule has 0 atom stereocenters. The lowest BCUT2D eigenvalue weighted by Gasteiger charge is -2.32. The normalized spacial score (nSPS) is 17.5. The second-order valence-electron chi connectivity index (χ2n) is 6.53. The number of nitrogens with zero attached hydrogens (tertiary/aromatic N) is 3. The van der Waals surface area contributed by atoms with Gasteiger partial charge in [0.05, 0.1) is 11.8 Å². The highest BCUT2D eigenvalue weighted by atomic mass is 19.4. The molecule has 0 spiro atoms. The van der Waals surface area contributed by atoms with Gasteiger partial charge in [-0.15, -0.1) is 0 Å². The molecule has 1 saturated heterocycles.